The molecule has 1 aliphatic rings. The first-order valence-electron chi connectivity index (χ1n) is 7.37. The second-order valence-corrected chi connectivity index (χ2v) is 5.36. The lowest BCUT2D eigenvalue weighted by atomic mass is 10.0. The Morgan fingerprint density at radius 1 is 1.08 bits per heavy atom. The van der Waals surface area contributed by atoms with Crippen molar-refractivity contribution < 1.29 is 4.92 Å². The number of nitrogens with one attached hydrogen (secondary N) is 1. The average molecular weight is 316 g/mol. The first kappa shape index (κ1) is 14.1. The van der Waals surface area contributed by atoms with Crippen LogP contribution >= 0.6 is 0 Å². The van der Waals surface area contributed by atoms with Crippen LogP contribution in [0, 0.1) is 10.1 Å². The molecule has 0 saturated carbocycles. The maximum Gasteiger partial charge on any atom is 0.270 e. The quantitative estimate of drug-likeness (QED) is 0.454. The summed E-state index contributed by atoms with van der Waals surface area (Å²) >= 11 is 0. The SMILES string of the molecule is O=[N+]([O-])c1cccc(C=NNC2=Nc3cccc4cccc2c34)c1. The second kappa shape index (κ2) is 5.58. The normalized spacial score (nSPS) is 12.6. The number of aliphatic imine (C=N–C) groups is 1. The Labute approximate surface area is 137 Å². The van der Waals surface area contributed by atoms with Gasteiger partial charge in [-0.1, -0.05) is 42.5 Å². The number of hydrogen-bond donors (Lipinski definition) is 1. The highest BCUT2D eigenvalue weighted by molar-refractivity contribution is 6.18. The van der Waals surface area contributed by atoms with Crippen LogP contribution < -0.4 is 5.43 Å². The van der Waals surface area contributed by atoms with E-state index < -0.39 is 4.92 Å². The molecule has 116 valence electrons. The lowest BCUT2D eigenvalue weighted by Crippen LogP contribution is -2.17. The van der Waals surface area contributed by atoms with E-state index in [-0.39, 0.29) is 5.69 Å². The Kier molecular flexibility index (Phi) is 3.28. The molecule has 0 saturated heterocycles. The van der Waals surface area contributed by atoms with Gasteiger partial charge in [-0.25, -0.2) is 4.99 Å². The summed E-state index contributed by atoms with van der Waals surface area (Å²) in [6, 6.07) is 18.3. The number of amidine groups is 1. The highest BCUT2D eigenvalue weighted by Gasteiger charge is 2.17. The van der Waals surface area contributed by atoms with Gasteiger partial charge >= 0.3 is 0 Å². The fourth-order valence-electron chi connectivity index (χ4n) is 2.76. The van der Waals surface area contributed by atoms with Crippen LogP contribution in [-0.2, 0) is 0 Å². The largest absolute Gasteiger partial charge is 0.270 e. The van der Waals surface area contributed by atoms with E-state index in [2.05, 4.69) is 15.5 Å². The standard InChI is InChI=1S/C18H12N4O2/c23-22(24)14-7-1-4-12(10-14)11-19-21-18-15-8-2-5-13-6-3-9-16(20-18)17(13)15/h1-11H,(H,20,21). The van der Waals surface area contributed by atoms with Crippen molar-refractivity contribution >= 4 is 34.2 Å². The summed E-state index contributed by atoms with van der Waals surface area (Å²) in [6.45, 7) is 0. The number of rotatable bonds is 3. The molecule has 4 rings (SSSR count). The molecule has 0 aromatic heterocycles. The van der Waals surface area contributed by atoms with E-state index in [4.69, 9.17) is 0 Å². The van der Waals surface area contributed by atoms with Crippen molar-refractivity contribution in [3.8, 4) is 0 Å². The van der Waals surface area contributed by atoms with Crippen LogP contribution in [0.25, 0.3) is 10.8 Å². The van der Waals surface area contributed by atoms with Crippen LogP contribution in [0.3, 0.4) is 0 Å². The zero-order chi connectivity index (χ0) is 16.5. The Morgan fingerprint density at radius 3 is 2.71 bits per heavy atom. The molecule has 0 spiro atoms. The third-order valence-electron chi connectivity index (χ3n) is 3.84. The van der Waals surface area contributed by atoms with Crippen molar-refractivity contribution in [3.05, 3.63) is 81.9 Å². The van der Waals surface area contributed by atoms with Gasteiger partial charge in [0.15, 0.2) is 5.84 Å². The second-order valence-electron chi connectivity index (χ2n) is 5.36. The lowest BCUT2D eigenvalue weighted by molar-refractivity contribution is -0.384. The van der Waals surface area contributed by atoms with E-state index >= 15 is 0 Å². The molecular formula is C18H12N4O2. The Balaban J connectivity index is 1.59. The van der Waals surface area contributed by atoms with Crippen molar-refractivity contribution in [2.24, 2.45) is 10.1 Å². The van der Waals surface area contributed by atoms with E-state index in [0.29, 0.717) is 11.4 Å². The summed E-state index contributed by atoms with van der Waals surface area (Å²) in [5.74, 6) is 0.670. The van der Waals surface area contributed by atoms with Gasteiger partial charge in [0.05, 0.1) is 16.8 Å². The van der Waals surface area contributed by atoms with Gasteiger partial charge in [0.25, 0.3) is 5.69 Å². The summed E-state index contributed by atoms with van der Waals surface area (Å²) in [5.41, 5.74) is 5.53. The predicted molar refractivity (Wildman–Crippen MR) is 94.0 cm³/mol. The average Bonchev–Trinajstić information content (AvgIpc) is 2.96. The fourth-order valence-corrected chi connectivity index (χ4v) is 2.76. The van der Waals surface area contributed by atoms with Crippen LogP contribution in [0.5, 0.6) is 0 Å². The third kappa shape index (κ3) is 2.40. The van der Waals surface area contributed by atoms with Gasteiger partial charge in [-0.05, 0) is 11.5 Å². The molecule has 0 amide bonds. The topological polar surface area (TPSA) is 79.9 Å². The van der Waals surface area contributed by atoms with E-state index in [0.717, 1.165) is 22.0 Å². The Bertz CT molecular complexity index is 1020. The maximum absolute atomic E-state index is 10.8. The number of non-ortho nitro benzene ring substituents is 1. The van der Waals surface area contributed by atoms with Crippen LogP contribution in [0.2, 0.25) is 0 Å². The van der Waals surface area contributed by atoms with Crippen LogP contribution in [-0.4, -0.2) is 17.0 Å². The molecule has 3 aromatic carbocycles. The van der Waals surface area contributed by atoms with Crippen molar-refractivity contribution in [2.45, 2.75) is 0 Å². The molecule has 0 atom stereocenters. The zero-order valence-electron chi connectivity index (χ0n) is 12.5. The van der Waals surface area contributed by atoms with Crippen molar-refractivity contribution in [2.75, 3.05) is 0 Å². The van der Waals surface area contributed by atoms with Gasteiger partial charge in [-0.3, -0.25) is 15.5 Å². The molecule has 0 fully saturated rings. The Morgan fingerprint density at radius 2 is 1.88 bits per heavy atom. The smallest absolute Gasteiger partial charge is 0.261 e. The molecule has 24 heavy (non-hydrogen) atoms. The minimum Gasteiger partial charge on any atom is -0.261 e. The fraction of sp³-hybridized carbons (Fsp3) is 0. The number of nitrogens with zero attached hydrogens (tertiary/aromatic N) is 3. The molecule has 1 heterocycles. The highest BCUT2D eigenvalue weighted by Crippen LogP contribution is 2.34. The van der Waals surface area contributed by atoms with Gasteiger partial charge < -0.3 is 0 Å². The number of nitro benzene ring substituents is 1. The van der Waals surface area contributed by atoms with Crippen LogP contribution in [0.1, 0.15) is 11.1 Å². The Hall–Kier alpha value is -3.54. The van der Waals surface area contributed by atoms with Gasteiger partial charge in [0.2, 0.25) is 0 Å². The van der Waals surface area contributed by atoms with Crippen molar-refractivity contribution in [3.63, 3.8) is 0 Å². The van der Waals surface area contributed by atoms with Crippen molar-refractivity contribution in [1.29, 1.82) is 0 Å². The molecule has 6 nitrogen and oxygen atoms in total. The minimum atomic E-state index is -0.427. The molecule has 0 radical (unpaired) electrons. The third-order valence-corrected chi connectivity index (χ3v) is 3.84. The van der Waals surface area contributed by atoms with Crippen molar-refractivity contribution in [1.82, 2.24) is 5.43 Å². The zero-order valence-corrected chi connectivity index (χ0v) is 12.5. The summed E-state index contributed by atoms with van der Waals surface area (Å²) in [6.07, 6.45) is 1.54. The highest BCUT2D eigenvalue weighted by atomic mass is 16.6. The molecule has 3 aromatic rings. The lowest BCUT2D eigenvalue weighted by Gasteiger charge is -2.02. The molecule has 1 N–H and O–H groups in total. The van der Waals surface area contributed by atoms with E-state index in [1.807, 2.05) is 36.4 Å². The molecule has 0 unspecified atom stereocenters. The van der Waals surface area contributed by atoms with Gasteiger partial charge in [-0.15, -0.1) is 0 Å². The number of hydrogen-bond acceptors (Lipinski definition) is 5. The minimum absolute atomic E-state index is 0.0364. The van der Waals surface area contributed by atoms with Crippen LogP contribution in [0.4, 0.5) is 11.4 Å². The van der Waals surface area contributed by atoms with E-state index in [9.17, 15) is 10.1 Å². The summed E-state index contributed by atoms with van der Waals surface area (Å²) in [7, 11) is 0. The van der Waals surface area contributed by atoms with Gasteiger partial charge in [0.1, 0.15) is 0 Å². The van der Waals surface area contributed by atoms with Crippen LogP contribution in [0.15, 0.2) is 70.8 Å². The molecule has 0 bridgehead atoms. The van der Waals surface area contributed by atoms with Gasteiger partial charge in [-0.2, -0.15) is 5.10 Å². The number of nitro groups is 1. The molecule has 0 aliphatic carbocycles. The summed E-state index contributed by atoms with van der Waals surface area (Å²) in [5, 5.41) is 17.2. The summed E-state index contributed by atoms with van der Waals surface area (Å²) in [4.78, 5) is 14.9. The molecular weight excluding hydrogens is 304 g/mol. The van der Waals surface area contributed by atoms with E-state index in [1.165, 1.54) is 12.1 Å². The first-order chi connectivity index (χ1) is 11.7. The first-order valence-corrected chi connectivity index (χ1v) is 7.37. The molecule has 6 heteroatoms. The number of benzene rings is 3. The maximum atomic E-state index is 10.8. The number of hydrazone groups is 1. The van der Waals surface area contributed by atoms with E-state index in [1.54, 1.807) is 18.3 Å². The predicted octanol–water partition coefficient (Wildman–Crippen LogP) is 3.76. The monoisotopic (exact) mass is 316 g/mol. The van der Waals surface area contributed by atoms with Gasteiger partial charge in [0, 0.05) is 28.6 Å². The molecule has 1 aliphatic heterocycles. The summed E-state index contributed by atoms with van der Waals surface area (Å²) < 4.78 is 0.